The maximum Gasteiger partial charge on any atom is 0.420 e. The van der Waals surface area contributed by atoms with Crippen LogP contribution in [0.2, 0.25) is 0 Å². The maximum atomic E-state index is 12.1. The first kappa shape index (κ1) is 10.4. The Morgan fingerprint density at radius 2 is 2.20 bits per heavy atom. The van der Waals surface area contributed by atoms with Crippen molar-refractivity contribution in [2.45, 2.75) is 31.7 Å². The molecule has 0 bridgehead atoms. The van der Waals surface area contributed by atoms with E-state index in [0.717, 1.165) is 19.0 Å². The summed E-state index contributed by atoms with van der Waals surface area (Å²) in [6.45, 7) is 0.581. The number of hydrogen-bond donors (Lipinski definition) is 1. The highest BCUT2D eigenvalue weighted by atomic mass is 19.4. The van der Waals surface area contributed by atoms with Crippen molar-refractivity contribution in [1.29, 1.82) is 0 Å². The van der Waals surface area contributed by atoms with E-state index >= 15 is 0 Å². The zero-order valence-electron chi connectivity index (χ0n) is 7.78. The lowest BCUT2D eigenvalue weighted by Crippen LogP contribution is -2.20. The highest BCUT2D eigenvalue weighted by Crippen LogP contribution is 2.32. The van der Waals surface area contributed by atoms with Gasteiger partial charge in [-0.1, -0.05) is 5.21 Å². The quantitative estimate of drug-likeness (QED) is 0.836. The molecule has 0 aromatic carbocycles. The summed E-state index contributed by atoms with van der Waals surface area (Å²) in [7, 11) is 0. The van der Waals surface area contributed by atoms with Crippen LogP contribution in [0.4, 0.5) is 13.2 Å². The Kier molecular flexibility index (Phi) is 2.41. The molecule has 0 amide bonds. The fourth-order valence-corrected chi connectivity index (χ4v) is 1.26. The van der Waals surface area contributed by atoms with Crippen molar-refractivity contribution >= 4 is 0 Å². The topological polar surface area (TPSA) is 50.9 Å². The summed E-state index contributed by atoms with van der Waals surface area (Å²) in [6.07, 6.45) is -3.91. The minimum atomic E-state index is -4.68. The van der Waals surface area contributed by atoms with Gasteiger partial charge in [0.2, 0.25) is 0 Å². The Balaban J connectivity index is 2.05. The van der Waals surface area contributed by atoms with Crippen LogP contribution in [0.15, 0.2) is 6.20 Å². The molecule has 0 unspecified atom stereocenters. The van der Waals surface area contributed by atoms with Crippen LogP contribution in [0.25, 0.3) is 0 Å². The summed E-state index contributed by atoms with van der Waals surface area (Å²) in [4.78, 5) is 0. The smallest absolute Gasteiger partial charge is 0.378 e. The molecule has 0 saturated heterocycles. The Labute approximate surface area is 83.7 Å². The predicted molar refractivity (Wildman–Crippen MR) is 43.8 cm³/mol. The number of hydrogen-bond acceptors (Lipinski definition) is 3. The molecular weight excluding hydrogens is 211 g/mol. The van der Waals surface area contributed by atoms with E-state index in [9.17, 15) is 13.2 Å². The number of aromatic nitrogens is 3. The van der Waals surface area contributed by atoms with Gasteiger partial charge in [-0.05, 0) is 18.8 Å². The van der Waals surface area contributed by atoms with Crippen LogP contribution in [0, 0.1) is 5.92 Å². The highest BCUT2D eigenvalue weighted by Gasteiger charge is 2.41. The molecule has 2 rings (SSSR count). The highest BCUT2D eigenvalue weighted by molar-refractivity contribution is 5.00. The molecule has 0 radical (unpaired) electrons. The zero-order chi connectivity index (χ0) is 11.1. The monoisotopic (exact) mass is 221 g/mol. The van der Waals surface area contributed by atoms with Crippen molar-refractivity contribution in [2.75, 3.05) is 0 Å². The van der Waals surface area contributed by atoms with Crippen LogP contribution < -0.4 is 0 Å². The first-order valence-corrected chi connectivity index (χ1v) is 4.61. The lowest BCUT2D eigenvalue weighted by molar-refractivity contribution is -0.208. The van der Waals surface area contributed by atoms with Crippen molar-refractivity contribution in [2.24, 2.45) is 5.92 Å². The van der Waals surface area contributed by atoms with Gasteiger partial charge in [-0.3, -0.25) is 4.68 Å². The summed E-state index contributed by atoms with van der Waals surface area (Å²) in [6, 6.07) is 0. The molecule has 1 saturated carbocycles. The first-order valence-electron chi connectivity index (χ1n) is 4.61. The molecule has 1 fully saturated rings. The minimum Gasteiger partial charge on any atom is -0.378 e. The molecule has 0 aliphatic heterocycles. The molecule has 0 spiro atoms. The van der Waals surface area contributed by atoms with Crippen molar-refractivity contribution in [1.82, 2.24) is 15.0 Å². The Hall–Kier alpha value is -1.11. The van der Waals surface area contributed by atoms with Gasteiger partial charge in [-0.25, -0.2) is 0 Å². The van der Waals surface area contributed by atoms with Gasteiger partial charge < -0.3 is 5.11 Å². The van der Waals surface area contributed by atoms with Gasteiger partial charge in [-0.2, -0.15) is 13.2 Å². The third kappa shape index (κ3) is 2.47. The van der Waals surface area contributed by atoms with E-state index in [-0.39, 0.29) is 0 Å². The predicted octanol–water partition coefficient (Wildman–Crippen LogP) is 1.28. The third-order valence-corrected chi connectivity index (χ3v) is 2.29. The fraction of sp³-hybridized carbons (Fsp3) is 0.750. The van der Waals surface area contributed by atoms with Gasteiger partial charge in [0, 0.05) is 6.54 Å². The normalized spacial score (nSPS) is 19.2. The first-order chi connectivity index (χ1) is 6.97. The summed E-state index contributed by atoms with van der Waals surface area (Å²) in [5.41, 5.74) is -0.442. The van der Waals surface area contributed by atoms with E-state index in [1.807, 2.05) is 0 Å². The molecule has 1 aromatic heterocycles. The van der Waals surface area contributed by atoms with Crippen LogP contribution >= 0.6 is 0 Å². The number of halogens is 3. The Bertz CT molecular complexity index is 345. The summed E-state index contributed by atoms with van der Waals surface area (Å²) >= 11 is 0. The van der Waals surface area contributed by atoms with Crippen LogP contribution in [-0.4, -0.2) is 26.3 Å². The van der Waals surface area contributed by atoms with Crippen LogP contribution in [0.1, 0.15) is 24.6 Å². The van der Waals surface area contributed by atoms with Gasteiger partial charge in [0.05, 0.1) is 6.20 Å². The molecule has 15 heavy (non-hydrogen) atoms. The van der Waals surface area contributed by atoms with Crippen molar-refractivity contribution in [3.05, 3.63) is 11.9 Å². The lowest BCUT2D eigenvalue weighted by atomic mass is 10.3. The lowest BCUT2D eigenvalue weighted by Gasteiger charge is -2.10. The van der Waals surface area contributed by atoms with Crippen molar-refractivity contribution in [3.63, 3.8) is 0 Å². The van der Waals surface area contributed by atoms with Crippen molar-refractivity contribution in [3.8, 4) is 0 Å². The molecular formula is C8H10F3N3O. The fourth-order valence-electron chi connectivity index (χ4n) is 1.26. The zero-order valence-corrected chi connectivity index (χ0v) is 7.78. The van der Waals surface area contributed by atoms with Gasteiger partial charge in [-0.15, -0.1) is 5.10 Å². The molecule has 1 atom stereocenters. The number of rotatable bonds is 3. The number of nitrogens with zero attached hydrogens (tertiary/aromatic N) is 3. The van der Waals surface area contributed by atoms with E-state index in [1.54, 1.807) is 0 Å². The summed E-state index contributed by atoms with van der Waals surface area (Å²) in [5.74, 6) is 0.502. The van der Waals surface area contributed by atoms with Gasteiger partial charge >= 0.3 is 6.18 Å². The Morgan fingerprint density at radius 1 is 1.53 bits per heavy atom. The van der Waals surface area contributed by atoms with E-state index in [1.165, 1.54) is 4.68 Å². The minimum absolute atomic E-state index is 0.442. The average molecular weight is 221 g/mol. The van der Waals surface area contributed by atoms with Crippen LogP contribution in [0.3, 0.4) is 0 Å². The largest absolute Gasteiger partial charge is 0.420 e. The molecule has 7 heteroatoms. The molecule has 1 aliphatic rings. The third-order valence-electron chi connectivity index (χ3n) is 2.29. The number of aliphatic hydroxyl groups is 1. The van der Waals surface area contributed by atoms with E-state index in [0.29, 0.717) is 12.5 Å². The van der Waals surface area contributed by atoms with Crippen LogP contribution in [-0.2, 0) is 6.54 Å². The van der Waals surface area contributed by atoms with E-state index < -0.39 is 18.0 Å². The van der Waals surface area contributed by atoms with Crippen molar-refractivity contribution < 1.29 is 18.3 Å². The van der Waals surface area contributed by atoms with E-state index in [4.69, 9.17) is 5.11 Å². The Morgan fingerprint density at radius 3 is 2.73 bits per heavy atom. The SMILES string of the molecule is O[C@H](c1cn(CC2CC2)nn1)C(F)(F)F. The number of aliphatic hydroxyl groups excluding tert-OH is 1. The second-order valence-electron chi connectivity index (χ2n) is 3.75. The van der Waals surface area contributed by atoms with Gasteiger partial charge in [0.1, 0.15) is 5.69 Å². The second-order valence-corrected chi connectivity index (χ2v) is 3.75. The average Bonchev–Trinajstić information content (AvgIpc) is 2.80. The van der Waals surface area contributed by atoms with Gasteiger partial charge in [0.15, 0.2) is 6.10 Å². The molecule has 84 valence electrons. The second kappa shape index (κ2) is 3.48. The standard InChI is InChI=1S/C8H10F3N3O/c9-8(10,11)7(15)6-4-14(13-12-6)3-5-1-2-5/h4-5,7,15H,1-3H2/t7-/m1/s1. The van der Waals surface area contributed by atoms with E-state index in [2.05, 4.69) is 10.3 Å². The molecule has 1 aromatic rings. The van der Waals surface area contributed by atoms with Crippen LogP contribution in [0.5, 0.6) is 0 Å². The summed E-state index contributed by atoms with van der Waals surface area (Å²) in [5, 5.41) is 15.7. The summed E-state index contributed by atoms with van der Waals surface area (Å²) < 4.78 is 37.6. The molecule has 4 nitrogen and oxygen atoms in total. The maximum absolute atomic E-state index is 12.1. The molecule has 1 aliphatic carbocycles. The number of alkyl halides is 3. The molecule has 1 N–H and O–H groups in total. The van der Waals surface area contributed by atoms with Gasteiger partial charge in [0.25, 0.3) is 0 Å². The molecule has 1 heterocycles.